The fourth-order valence-corrected chi connectivity index (χ4v) is 2.69. The summed E-state index contributed by atoms with van der Waals surface area (Å²) in [5.74, 6) is 0.179. The van der Waals surface area contributed by atoms with Crippen molar-refractivity contribution in [2.24, 2.45) is 0 Å². The van der Waals surface area contributed by atoms with Gasteiger partial charge in [-0.05, 0) is 32.1 Å². The van der Waals surface area contributed by atoms with Gasteiger partial charge in [0.1, 0.15) is 0 Å². The van der Waals surface area contributed by atoms with Crippen molar-refractivity contribution in [1.29, 1.82) is 0 Å². The van der Waals surface area contributed by atoms with E-state index in [-0.39, 0.29) is 6.61 Å². The van der Waals surface area contributed by atoms with Crippen molar-refractivity contribution in [2.75, 3.05) is 24.6 Å². The van der Waals surface area contributed by atoms with E-state index in [2.05, 4.69) is 14.9 Å². The monoisotopic (exact) mass is 263 g/mol. The smallest absolute Gasteiger partial charge is 0.341 e. The van der Waals surface area contributed by atoms with Gasteiger partial charge in [-0.25, -0.2) is 9.78 Å². The summed E-state index contributed by atoms with van der Waals surface area (Å²) in [6, 6.07) is 0. The first kappa shape index (κ1) is 12.2. The number of anilines is 1. The third-order valence-corrected chi connectivity index (χ3v) is 3.60. The Labute approximate surface area is 111 Å². The summed E-state index contributed by atoms with van der Waals surface area (Å²) in [5, 5.41) is 8.73. The van der Waals surface area contributed by atoms with Gasteiger partial charge in [-0.3, -0.25) is 0 Å². The quantitative estimate of drug-likeness (QED) is 0.874. The molecule has 6 nitrogen and oxygen atoms in total. The van der Waals surface area contributed by atoms with Crippen molar-refractivity contribution < 1.29 is 14.6 Å². The van der Waals surface area contributed by atoms with Gasteiger partial charge in [0.2, 0.25) is 11.8 Å². The molecule has 2 aliphatic rings. The number of aliphatic carboxylic acids is 1. The second-order valence-corrected chi connectivity index (χ2v) is 4.98. The summed E-state index contributed by atoms with van der Waals surface area (Å²) >= 11 is 0. The normalized spacial score (nSPS) is 17.6. The van der Waals surface area contributed by atoms with Crippen molar-refractivity contribution >= 4 is 11.9 Å². The Balaban J connectivity index is 1.89. The maximum Gasteiger partial charge on any atom is 0.341 e. The fourth-order valence-electron chi connectivity index (χ4n) is 2.69. The summed E-state index contributed by atoms with van der Waals surface area (Å²) in [6.45, 7) is 1.59. The number of rotatable bonds is 4. The van der Waals surface area contributed by atoms with Gasteiger partial charge >= 0.3 is 5.97 Å². The van der Waals surface area contributed by atoms with Gasteiger partial charge in [0.15, 0.2) is 6.61 Å². The molecular formula is C13H17N3O3. The largest absolute Gasteiger partial charge is 0.479 e. The standard InChI is InChI=1S/C13H17N3O3/c17-11(18)8-19-12-9-4-3-5-10(9)14-13(15-12)16-6-1-2-7-16/h1-8H2,(H,17,18). The zero-order valence-corrected chi connectivity index (χ0v) is 10.8. The lowest BCUT2D eigenvalue weighted by molar-refractivity contribution is -0.139. The Bertz CT molecular complexity index is 498. The molecule has 1 N–H and O–H groups in total. The van der Waals surface area contributed by atoms with E-state index in [1.54, 1.807) is 0 Å². The highest BCUT2D eigenvalue weighted by Crippen LogP contribution is 2.30. The van der Waals surface area contributed by atoms with Crippen LogP contribution in [0.15, 0.2) is 0 Å². The molecule has 1 aromatic heterocycles. The molecule has 1 aliphatic carbocycles. The second-order valence-electron chi connectivity index (χ2n) is 4.98. The predicted molar refractivity (Wildman–Crippen MR) is 68.6 cm³/mol. The van der Waals surface area contributed by atoms with Crippen LogP contribution < -0.4 is 9.64 Å². The molecular weight excluding hydrogens is 246 g/mol. The Morgan fingerprint density at radius 3 is 2.74 bits per heavy atom. The van der Waals surface area contributed by atoms with E-state index < -0.39 is 5.97 Å². The lowest BCUT2D eigenvalue weighted by Gasteiger charge is -2.17. The van der Waals surface area contributed by atoms with Crippen molar-refractivity contribution in [3.05, 3.63) is 11.3 Å². The number of carboxylic acid groups (broad SMARTS) is 1. The summed E-state index contributed by atoms with van der Waals surface area (Å²) in [7, 11) is 0. The van der Waals surface area contributed by atoms with Crippen molar-refractivity contribution in [2.45, 2.75) is 32.1 Å². The first-order valence-electron chi connectivity index (χ1n) is 6.73. The number of fused-ring (bicyclic) bond motifs is 1. The van der Waals surface area contributed by atoms with Crippen molar-refractivity contribution in [3.8, 4) is 5.88 Å². The molecule has 1 aromatic rings. The minimum absolute atomic E-state index is 0.344. The third-order valence-electron chi connectivity index (χ3n) is 3.60. The van der Waals surface area contributed by atoms with Gasteiger partial charge < -0.3 is 14.7 Å². The van der Waals surface area contributed by atoms with Crippen molar-refractivity contribution in [1.82, 2.24) is 9.97 Å². The molecule has 0 spiro atoms. The van der Waals surface area contributed by atoms with Gasteiger partial charge in [-0.2, -0.15) is 4.98 Å². The predicted octanol–water partition coefficient (Wildman–Crippen LogP) is 1.03. The van der Waals surface area contributed by atoms with Crippen LogP contribution >= 0.6 is 0 Å². The number of hydrogen-bond acceptors (Lipinski definition) is 5. The van der Waals surface area contributed by atoms with Crippen LogP contribution in [-0.2, 0) is 17.6 Å². The van der Waals surface area contributed by atoms with Crippen molar-refractivity contribution in [3.63, 3.8) is 0 Å². The summed E-state index contributed by atoms with van der Waals surface area (Å²) in [5.41, 5.74) is 2.02. The zero-order valence-electron chi connectivity index (χ0n) is 10.8. The lowest BCUT2D eigenvalue weighted by atomic mass is 10.2. The van der Waals surface area contributed by atoms with Gasteiger partial charge in [0, 0.05) is 18.7 Å². The zero-order chi connectivity index (χ0) is 13.2. The molecule has 1 aliphatic heterocycles. The Morgan fingerprint density at radius 2 is 2.00 bits per heavy atom. The molecule has 0 saturated carbocycles. The number of carbonyl (C=O) groups is 1. The molecule has 1 fully saturated rings. The van der Waals surface area contributed by atoms with E-state index in [0.29, 0.717) is 11.8 Å². The maximum atomic E-state index is 10.6. The van der Waals surface area contributed by atoms with E-state index in [1.165, 1.54) is 0 Å². The summed E-state index contributed by atoms with van der Waals surface area (Å²) in [4.78, 5) is 21.8. The van der Waals surface area contributed by atoms with Crippen LogP contribution in [0, 0.1) is 0 Å². The topological polar surface area (TPSA) is 75.6 Å². The fraction of sp³-hybridized carbons (Fsp3) is 0.615. The first-order chi connectivity index (χ1) is 9.24. The molecule has 19 heavy (non-hydrogen) atoms. The Morgan fingerprint density at radius 1 is 1.21 bits per heavy atom. The Hall–Kier alpha value is -1.85. The molecule has 0 atom stereocenters. The average Bonchev–Trinajstić information content (AvgIpc) is 3.05. The molecule has 0 unspecified atom stereocenters. The van der Waals surface area contributed by atoms with E-state index in [1.807, 2.05) is 0 Å². The van der Waals surface area contributed by atoms with Crippen LogP contribution in [0.25, 0.3) is 0 Å². The second kappa shape index (κ2) is 5.03. The minimum Gasteiger partial charge on any atom is -0.479 e. The number of hydrogen-bond donors (Lipinski definition) is 1. The van der Waals surface area contributed by atoms with Gasteiger partial charge in [0.25, 0.3) is 0 Å². The van der Waals surface area contributed by atoms with Crippen LogP contribution in [0.1, 0.15) is 30.5 Å². The summed E-state index contributed by atoms with van der Waals surface area (Å²) in [6.07, 6.45) is 5.17. The van der Waals surface area contributed by atoms with E-state index in [0.717, 1.165) is 56.5 Å². The highest BCUT2D eigenvalue weighted by molar-refractivity contribution is 5.68. The van der Waals surface area contributed by atoms with Crippen LogP contribution in [0.5, 0.6) is 5.88 Å². The van der Waals surface area contributed by atoms with E-state index in [9.17, 15) is 4.79 Å². The van der Waals surface area contributed by atoms with Crippen LogP contribution in [0.4, 0.5) is 5.95 Å². The first-order valence-corrected chi connectivity index (χ1v) is 6.73. The number of ether oxygens (including phenoxy) is 1. The molecule has 6 heteroatoms. The molecule has 1 saturated heterocycles. The number of carboxylic acids is 1. The SMILES string of the molecule is O=C(O)COc1nc(N2CCCC2)nc2c1CCC2. The van der Waals surface area contributed by atoms with Gasteiger partial charge in [-0.15, -0.1) is 0 Å². The molecule has 3 rings (SSSR count). The summed E-state index contributed by atoms with van der Waals surface area (Å²) < 4.78 is 5.33. The highest BCUT2D eigenvalue weighted by Gasteiger charge is 2.24. The van der Waals surface area contributed by atoms with Gasteiger partial charge in [0.05, 0.1) is 5.69 Å². The highest BCUT2D eigenvalue weighted by atomic mass is 16.5. The van der Waals surface area contributed by atoms with Gasteiger partial charge in [-0.1, -0.05) is 0 Å². The van der Waals surface area contributed by atoms with E-state index in [4.69, 9.17) is 9.84 Å². The molecule has 0 aromatic carbocycles. The third kappa shape index (κ3) is 2.47. The van der Waals surface area contributed by atoms with Crippen LogP contribution in [0.2, 0.25) is 0 Å². The lowest BCUT2D eigenvalue weighted by Crippen LogP contribution is -2.22. The van der Waals surface area contributed by atoms with Crippen LogP contribution in [0.3, 0.4) is 0 Å². The van der Waals surface area contributed by atoms with E-state index >= 15 is 0 Å². The maximum absolute atomic E-state index is 10.6. The Kier molecular flexibility index (Phi) is 3.23. The van der Waals surface area contributed by atoms with Crippen LogP contribution in [-0.4, -0.2) is 40.7 Å². The molecule has 2 heterocycles. The minimum atomic E-state index is -0.979. The number of aromatic nitrogens is 2. The molecule has 102 valence electrons. The molecule has 0 bridgehead atoms. The molecule has 0 radical (unpaired) electrons. The number of nitrogens with zero attached hydrogens (tertiary/aromatic N) is 3. The average molecular weight is 263 g/mol. The molecule has 0 amide bonds. The number of aryl methyl sites for hydroxylation is 1.